The molecule has 18 nitrogen and oxygen atoms in total. The van der Waals surface area contributed by atoms with E-state index in [1.807, 2.05) is 66.5 Å². The summed E-state index contributed by atoms with van der Waals surface area (Å²) in [7, 11) is 0. The average Bonchev–Trinajstić information content (AvgIpc) is 4.04. The minimum Gasteiger partial charge on any atom is -0.508 e. The number of carbonyl (C=O) groups is 3. The molecule has 4 aliphatic rings. The molecule has 0 bridgehead atoms. The summed E-state index contributed by atoms with van der Waals surface area (Å²) < 4.78 is 47.1. The number of piperazine rings is 1. The van der Waals surface area contributed by atoms with Gasteiger partial charge in [0.15, 0.2) is 5.82 Å². The zero-order valence-corrected chi connectivity index (χ0v) is 44.6. The van der Waals surface area contributed by atoms with Gasteiger partial charge in [0.1, 0.15) is 23.9 Å². The molecule has 2 aromatic heterocycles. The molecule has 4 aliphatic heterocycles. The molecule has 3 fully saturated rings. The highest BCUT2D eigenvalue weighted by Gasteiger charge is 2.38. The second-order valence-electron chi connectivity index (χ2n) is 20.9. The van der Waals surface area contributed by atoms with Crippen molar-refractivity contribution in [2.45, 2.75) is 70.8 Å². The number of amides is 3. The number of nitrogens with zero attached hydrogens (tertiary/aromatic N) is 11. The maximum absolute atomic E-state index is 13.8. The van der Waals surface area contributed by atoms with Crippen molar-refractivity contribution in [1.82, 2.24) is 44.7 Å². The lowest BCUT2D eigenvalue weighted by Gasteiger charge is -2.43. The van der Waals surface area contributed by atoms with Crippen molar-refractivity contribution in [1.29, 1.82) is 5.26 Å². The number of likely N-dealkylation sites (tertiary alicyclic amines) is 2. The minimum absolute atomic E-state index is 0.00986. The van der Waals surface area contributed by atoms with Gasteiger partial charge in [-0.3, -0.25) is 23.9 Å². The van der Waals surface area contributed by atoms with Crippen LogP contribution in [0.5, 0.6) is 17.5 Å². The van der Waals surface area contributed by atoms with Crippen LogP contribution in [0.2, 0.25) is 5.02 Å². The minimum atomic E-state index is -4.67. The van der Waals surface area contributed by atoms with E-state index in [1.54, 1.807) is 17.0 Å². The number of hydrogen-bond donors (Lipinski definition) is 3. The van der Waals surface area contributed by atoms with E-state index < -0.39 is 24.5 Å². The second kappa shape index (κ2) is 22.8. The van der Waals surface area contributed by atoms with Crippen molar-refractivity contribution in [3.8, 4) is 40.7 Å². The smallest absolute Gasteiger partial charge is 0.405 e. The predicted octanol–water partition coefficient (Wildman–Crippen LogP) is 7.79. The number of benzene rings is 4. The summed E-state index contributed by atoms with van der Waals surface area (Å²) in [6, 6.07) is 23.9. The molecule has 3 N–H and O–H groups in total. The Morgan fingerprint density at radius 2 is 1.68 bits per heavy atom. The van der Waals surface area contributed by atoms with Crippen molar-refractivity contribution < 1.29 is 42.5 Å². The van der Waals surface area contributed by atoms with E-state index >= 15 is 0 Å². The Kier molecular flexibility index (Phi) is 15.7. The first kappa shape index (κ1) is 54.4. The van der Waals surface area contributed by atoms with Crippen LogP contribution >= 0.6 is 11.6 Å². The highest BCUT2D eigenvalue weighted by atomic mass is 35.5. The van der Waals surface area contributed by atoms with E-state index in [1.165, 1.54) is 16.7 Å². The Morgan fingerprint density at radius 1 is 0.937 bits per heavy atom. The SMILES string of the molecule is C=CC(=O)N1CCN(c2nc(OCC3CN(C(=O)C4CCN(Cc5ccc(-n6c(C(=O)NCC(F)(F)F)nnc6-c6cc(C(C)C)c(O)cc6O)cc5)CC4)C3)nc3c2CCN(c2cccc4cccc(Cl)c24)C3)CC1CC#N. The molecule has 1 unspecified atom stereocenters. The van der Waals surface area contributed by atoms with Gasteiger partial charge >= 0.3 is 12.2 Å². The van der Waals surface area contributed by atoms with Gasteiger partial charge in [0, 0.05) is 86.0 Å². The molecular formula is C57H60ClF3N12O6. The molecule has 0 aliphatic carbocycles. The van der Waals surface area contributed by atoms with E-state index in [4.69, 9.17) is 26.3 Å². The first-order valence-electron chi connectivity index (χ1n) is 26.4. The zero-order valence-electron chi connectivity index (χ0n) is 43.8. The summed E-state index contributed by atoms with van der Waals surface area (Å²) >= 11 is 6.78. The van der Waals surface area contributed by atoms with Crippen LogP contribution in [0.1, 0.15) is 72.0 Å². The number of rotatable bonds is 15. The van der Waals surface area contributed by atoms with E-state index in [-0.39, 0.29) is 70.9 Å². The Labute approximate surface area is 459 Å². The van der Waals surface area contributed by atoms with Gasteiger partial charge in [-0.25, -0.2) is 0 Å². The number of aromatic hydroxyl groups is 2. The number of alkyl halides is 3. The molecule has 3 amide bonds. The van der Waals surface area contributed by atoms with Gasteiger partial charge in [-0.1, -0.05) is 68.4 Å². The number of piperidine rings is 1. The molecule has 0 spiro atoms. The number of nitrogens with one attached hydrogen (secondary N) is 1. The van der Waals surface area contributed by atoms with Gasteiger partial charge in [-0.15, -0.1) is 10.2 Å². The molecule has 3 saturated heterocycles. The van der Waals surface area contributed by atoms with Crippen LogP contribution in [0.3, 0.4) is 0 Å². The van der Waals surface area contributed by atoms with Gasteiger partial charge in [-0.2, -0.15) is 28.4 Å². The summed E-state index contributed by atoms with van der Waals surface area (Å²) in [5.74, 6) is -1.66. The molecule has 0 saturated carbocycles. The Hall–Kier alpha value is -7.96. The quantitative estimate of drug-likeness (QED) is 0.0839. The van der Waals surface area contributed by atoms with Crippen LogP contribution in [0.25, 0.3) is 27.8 Å². The molecular weight excluding hydrogens is 1040 g/mol. The van der Waals surface area contributed by atoms with Crippen molar-refractivity contribution in [3.63, 3.8) is 0 Å². The topological polar surface area (TPSA) is 209 Å². The number of anilines is 2. The van der Waals surface area contributed by atoms with Crippen LogP contribution in [0.15, 0.2) is 85.5 Å². The number of phenolic OH excluding ortho intramolecular Hbond substituents is 2. The van der Waals surface area contributed by atoms with Crippen molar-refractivity contribution in [2.75, 3.05) is 75.3 Å². The number of carbonyl (C=O) groups excluding carboxylic acids is 3. The number of hydrogen-bond acceptors (Lipinski definition) is 14. The number of halogens is 4. The predicted molar refractivity (Wildman–Crippen MR) is 290 cm³/mol. The van der Waals surface area contributed by atoms with Crippen molar-refractivity contribution in [2.24, 2.45) is 11.8 Å². The number of fused-ring (bicyclic) bond motifs is 2. The largest absolute Gasteiger partial charge is 0.508 e. The average molecular weight is 1100 g/mol. The normalized spacial score (nSPS) is 17.4. The van der Waals surface area contributed by atoms with Gasteiger partial charge in [0.05, 0.1) is 48.0 Å². The molecule has 6 aromatic rings. The molecule has 4 aromatic carbocycles. The monoisotopic (exact) mass is 1100 g/mol. The molecule has 412 valence electrons. The Bertz CT molecular complexity index is 3330. The lowest BCUT2D eigenvalue weighted by molar-refractivity contribution is -0.144. The number of nitriles is 1. The molecule has 0 radical (unpaired) electrons. The van der Waals surface area contributed by atoms with Crippen molar-refractivity contribution >= 4 is 51.6 Å². The summed E-state index contributed by atoms with van der Waals surface area (Å²) in [5.41, 5.74) is 4.71. The van der Waals surface area contributed by atoms with Crippen LogP contribution in [0, 0.1) is 23.2 Å². The van der Waals surface area contributed by atoms with Crippen molar-refractivity contribution in [3.05, 3.63) is 119 Å². The summed E-state index contributed by atoms with van der Waals surface area (Å²) in [6.07, 6.45) is -1.23. The van der Waals surface area contributed by atoms with Crippen LogP contribution in [-0.4, -0.2) is 145 Å². The molecule has 10 rings (SSSR count). The second-order valence-corrected chi connectivity index (χ2v) is 21.3. The highest BCUT2D eigenvalue weighted by molar-refractivity contribution is 6.36. The maximum atomic E-state index is 13.8. The lowest BCUT2D eigenvalue weighted by Crippen LogP contribution is -2.55. The molecule has 79 heavy (non-hydrogen) atoms. The van der Waals surface area contributed by atoms with Gasteiger partial charge in [-0.05, 0) is 91.2 Å². The highest BCUT2D eigenvalue weighted by Crippen LogP contribution is 2.40. The van der Waals surface area contributed by atoms with Crippen LogP contribution in [0.4, 0.5) is 24.7 Å². The molecule has 6 heterocycles. The zero-order chi connectivity index (χ0) is 55.7. The summed E-state index contributed by atoms with van der Waals surface area (Å²) in [4.78, 5) is 60.0. The third kappa shape index (κ3) is 11.6. The number of ether oxygens (including phenoxy) is 1. The van der Waals surface area contributed by atoms with E-state index in [2.05, 4.69) is 43.6 Å². The number of aromatic nitrogens is 5. The summed E-state index contributed by atoms with van der Waals surface area (Å²) in [5, 5.41) is 43.7. The Balaban J connectivity index is 0.771. The fraction of sp³-hybridized carbons (Fsp3) is 0.404. The first-order valence-corrected chi connectivity index (χ1v) is 26.8. The van der Waals surface area contributed by atoms with Crippen LogP contribution < -0.4 is 19.9 Å². The molecule has 22 heteroatoms. The standard InChI is InChI=1S/C57H60ClF3N12O6/c1-4-49(76)72-24-23-70(30-40(72)15-19-62)51-41-18-22-69(46-10-6-8-37-7-5-9-44(58)50(37)46)31-45(41)64-56(65-51)79-32-36-28-71(29-36)55(78)38-16-20-68(21-17-38)27-35-11-13-39(14-12-35)73-52(43-25-42(34(2)3)47(74)26-48(43)75)66-67-53(73)54(77)63-33-57(59,60)61/h4-14,25-26,34,36,38,40,74-75H,1,15-18,20-24,27-33H2,2-3H3,(H,63,77). The van der Waals surface area contributed by atoms with E-state index in [0.717, 1.165) is 45.2 Å². The first-order chi connectivity index (χ1) is 38.0. The molecule has 1 atom stereocenters. The van der Waals surface area contributed by atoms with Crippen LogP contribution in [-0.2, 0) is 29.1 Å². The van der Waals surface area contributed by atoms with Gasteiger partial charge in [0.25, 0.3) is 5.91 Å². The van der Waals surface area contributed by atoms with Gasteiger partial charge < -0.3 is 39.9 Å². The third-order valence-electron chi connectivity index (χ3n) is 15.3. The lowest BCUT2D eigenvalue weighted by atomic mass is 9.91. The van der Waals surface area contributed by atoms with E-state index in [0.29, 0.717) is 108 Å². The summed E-state index contributed by atoms with van der Waals surface area (Å²) in [6.45, 7) is 11.6. The van der Waals surface area contributed by atoms with Gasteiger partial charge in [0.2, 0.25) is 17.6 Å². The van der Waals surface area contributed by atoms with E-state index in [9.17, 15) is 43.0 Å². The Morgan fingerprint density at radius 3 is 2.39 bits per heavy atom. The maximum Gasteiger partial charge on any atom is 0.405 e. The number of phenols is 2. The fourth-order valence-corrected chi connectivity index (χ4v) is 11.5. The fourth-order valence-electron chi connectivity index (χ4n) is 11.2. The third-order valence-corrected chi connectivity index (χ3v) is 15.7.